The summed E-state index contributed by atoms with van der Waals surface area (Å²) in [4.78, 5) is 12.8. The number of ketones is 1. The Morgan fingerprint density at radius 1 is 1.29 bits per heavy atom. The van der Waals surface area contributed by atoms with Crippen LogP contribution in [0.4, 0.5) is 4.39 Å². The van der Waals surface area contributed by atoms with E-state index in [2.05, 4.69) is 10.2 Å². The molecule has 0 aliphatic carbocycles. The van der Waals surface area contributed by atoms with Crippen LogP contribution in [0.1, 0.15) is 34.1 Å². The summed E-state index contributed by atoms with van der Waals surface area (Å²) in [6.45, 7) is 3.70. The van der Waals surface area contributed by atoms with Gasteiger partial charge in [0, 0.05) is 29.1 Å². The van der Waals surface area contributed by atoms with Gasteiger partial charge in [0.1, 0.15) is 5.82 Å². The number of rotatable bonds is 7. The van der Waals surface area contributed by atoms with Crippen molar-refractivity contribution in [2.45, 2.75) is 31.9 Å². The number of carbonyl (C=O) groups is 1. The number of hydrogen-bond donors (Lipinski definition) is 0. The number of thioether (sulfide) groups is 1. The molecular formula is C21H22FN3O4S2. The van der Waals surface area contributed by atoms with Crippen LogP contribution in [-0.4, -0.2) is 46.2 Å². The first-order chi connectivity index (χ1) is 14.7. The van der Waals surface area contributed by atoms with Crippen molar-refractivity contribution >= 4 is 27.4 Å². The zero-order valence-electron chi connectivity index (χ0n) is 17.2. The van der Waals surface area contributed by atoms with Crippen molar-refractivity contribution in [1.82, 2.24) is 14.8 Å². The van der Waals surface area contributed by atoms with Gasteiger partial charge in [-0.1, -0.05) is 17.8 Å². The van der Waals surface area contributed by atoms with E-state index in [0.717, 1.165) is 23.1 Å². The van der Waals surface area contributed by atoms with E-state index in [-0.39, 0.29) is 40.0 Å². The van der Waals surface area contributed by atoms with E-state index in [1.807, 2.05) is 18.4 Å². The maximum Gasteiger partial charge on any atom is 0.277 e. The molecule has 4 rings (SSSR count). The molecule has 1 aromatic carbocycles. The summed E-state index contributed by atoms with van der Waals surface area (Å²) in [5, 5.41) is 8.22. The molecular weight excluding hydrogens is 441 g/mol. The van der Waals surface area contributed by atoms with Crippen molar-refractivity contribution in [3.05, 3.63) is 59.0 Å². The Kier molecular flexibility index (Phi) is 6.02. The summed E-state index contributed by atoms with van der Waals surface area (Å²) in [7, 11) is -2.95. The van der Waals surface area contributed by atoms with Gasteiger partial charge in [-0.05, 0) is 50.5 Å². The Labute approximate surface area is 184 Å². The second-order valence-electron chi connectivity index (χ2n) is 7.75. The smallest absolute Gasteiger partial charge is 0.277 e. The topological polar surface area (TPSA) is 95.1 Å². The summed E-state index contributed by atoms with van der Waals surface area (Å²) in [6, 6.07) is 8.03. The average Bonchev–Trinajstić information content (AvgIpc) is 3.37. The molecule has 31 heavy (non-hydrogen) atoms. The number of aryl methyl sites for hydroxylation is 1. The standard InChI is InChI=1S/C21H22FN3O4S2/c1-13-8-18(14(2)25(13)17-5-3-4-16(22)10-17)19(26)11-30-21-24-23-20(29-21)9-15-6-7-31(27,28)12-15/h3-5,8,10,15H,6-7,9,11-12H2,1-2H3. The lowest BCUT2D eigenvalue weighted by atomic mass is 10.1. The summed E-state index contributed by atoms with van der Waals surface area (Å²) in [5.41, 5.74) is 2.80. The molecule has 10 heteroatoms. The number of benzene rings is 1. The molecule has 0 radical (unpaired) electrons. The molecule has 3 aromatic rings. The van der Waals surface area contributed by atoms with Gasteiger partial charge in [-0.2, -0.15) is 0 Å². The Bertz CT molecular complexity index is 1230. The number of halogens is 1. The van der Waals surface area contributed by atoms with E-state index < -0.39 is 9.84 Å². The van der Waals surface area contributed by atoms with Crippen LogP contribution in [0.15, 0.2) is 40.0 Å². The van der Waals surface area contributed by atoms with Crippen molar-refractivity contribution in [2.24, 2.45) is 5.92 Å². The molecule has 0 spiro atoms. The minimum atomic E-state index is -2.95. The molecule has 0 amide bonds. The highest BCUT2D eigenvalue weighted by atomic mass is 32.2. The highest BCUT2D eigenvalue weighted by Crippen LogP contribution is 2.26. The Morgan fingerprint density at radius 2 is 2.10 bits per heavy atom. The first kappa shape index (κ1) is 21.8. The fourth-order valence-corrected chi connectivity index (χ4v) is 6.45. The molecule has 1 aliphatic heterocycles. The highest BCUT2D eigenvalue weighted by Gasteiger charge is 2.29. The van der Waals surface area contributed by atoms with Crippen LogP contribution in [0.2, 0.25) is 0 Å². The zero-order valence-corrected chi connectivity index (χ0v) is 18.8. The van der Waals surface area contributed by atoms with Gasteiger partial charge in [0.25, 0.3) is 5.22 Å². The van der Waals surface area contributed by atoms with Crippen LogP contribution in [0.3, 0.4) is 0 Å². The van der Waals surface area contributed by atoms with Gasteiger partial charge in [-0.3, -0.25) is 4.79 Å². The van der Waals surface area contributed by atoms with E-state index >= 15 is 0 Å². The summed E-state index contributed by atoms with van der Waals surface area (Å²) < 4.78 is 44.2. The van der Waals surface area contributed by atoms with E-state index in [1.165, 1.54) is 12.1 Å². The molecule has 7 nitrogen and oxygen atoms in total. The molecule has 1 unspecified atom stereocenters. The summed E-state index contributed by atoms with van der Waals surface area (Å²) in [5.74, 6) is 0.429. The van der Waals surface area contributed by atoms with Gasteiger partial charge in [0.15, 0.2) is 15.6 Å². The van der Waals surface area contributed by atoms with Crippen molar-refractivity contribution < 1.29 is 22.0 Å². The van der Waals surface area contributed by atoms with Gasteiger partial charge >= 0.3 is 0 Å². The quantitative estimate of drug-likeness (QED) is 0.390. The number of carbonyl (C=O) groups excluding carboxylic acids is 1. The number of sulfone groups is 1. The predicted octanol–water partition coefficient (Wildman–Crippen LogP) is 3.57. The summed E-state index contributed by atoms with van der Waals surface area (Å²) in [6.07, 6.45) is 1.03. The van der Waals surface area contributed by atoms with Crippen LogP contribution in [-0.2, 0) is 16.3 Å². The lowest BCUT2D eigenvalue weighted by Gasteiger charge is -2.09. The van der Waals surface area contributed by atoms with Crippen molar-refractivity contribution in [2.75, 3.05) is 17.3 Å². The van der Waals surface area contributed by atoms with Gasteiger partial charge in [0.2, 0.25) is 5.89 Å². The predicted molar refractivity (Wildman–Crippen MR) is 115 cm³/mol. The third kappa shape index (κ3) is 4.90. The first-order valence-corrected chi connectivity index (χ1v) is 12.7. The monoisotopic (exact) mass is 463 g/mol. The highest BCUT2D eigenvalue weighted by molar-refractivity contribution is 7.99. The average molecular weight is 464 g/mol. The fourth-order valence-electron chi connectivity index (χ4n) is 3.92. The number of aromatic nitrogens is 3. The van der Waals surface area contributed by atoms with E-state index in [4.69, 9.17) is 4.42 Å². The van der Waals surface area contributed by atoms with Crippen LogP contribution in [0, 0.1) is 25.6 Å². The first-order valence-electron chi connectivity index (χ1n) is 9.85. The van der Waals surface area contributed by atoms with Crippen LogP contribution < -0.4 is 0 Å². The van der Waals surface area contributed by atoms with Crippen LogP contribution in [0.25, 0.3) is 5.69 Å². The SMILES string of the molecule is Cc1cc(C(=O)CSc2nnc(CC3CCS(=O)(=O)C3)o2)c(C)n1-c1cccc(F)c1. The van der Waals surface area contributed by atoms with Crippen molar-refractivity contribution in [3.8, 4) is 5.69 Å². The van der Waals surface area contributed by atoms with Crippen molar-refractivity contribution in [1.29, 1.82) is 0 Å². The number of Topliss-reactive ketones (excluding diaryl/α,β-unsaturated/α-hetero) is 1. The number of hydrogen-bond acceptors (Lipinski definition) is 7. The lowest BCUT2D eigenvalue weighted by molar-refractivity contribution is 0.102. The Balaban J connectivity index is 1.41. The fraction of sp³-hybridized carbons (Fsp3) is 0.381. The van der Waals surface area contributed by atoms with E-state index in [9.17, 15) is 17.6 Å². The zero-order chi connectivity index (χ0) is 22.2. The minimum Gasteiger partial charge on any atom is -0.416 e. The van der Waals surface area contributed by atoms with Crippen LogP contribution >= 0.6 is 11.8 Å². The second-order valence-corrected chi connectivity index (χ2v) is 10.9. The third-order valence-corrected chi connectivity index (χ3v) is 8.02. The van der Waals surface area contributed by atoms with Gasteiger partial charge in [-0.15, -0.1) is 10.2 Å². The molecule has 1 saturated heterocycles. The molecule has 0 N–H and O–H groups in total. The Morgan fingerprint density at radius 3 is 2.81 bits per heavy atom. The normalized spacial score (nSPS) is 17.8. The number of nitrogens with zero attached hydrogens (tertiary/aromatic N) is 3. The third-order valence-electron chi connectivity index (χ3n) is 5.36. The Hall–Kier alpha value is -2.46. The molecule has 0 saturated carbocycles. The van der Waals surface area contributed by atoms with Gasteiger partial charge in [-0.25, -0.2) is 12.8 Å². The lowest BCUT2D eigenvalue weighted by Crippen LogP contribution is -2.07. The van der Waals surface area contributed by atoms with Gasteiger partial charge in [0.05, 0.1) is 17.3 Å². The molecule has 2 aromatic heterocycles. The maximum absolute atomic E-state index is 13.6. The summed E-state index contributed by atoms with van der Waals surface area (Å²) >= 11 is 1.15. The van der Waals surface area contributed by atoms with Crippen molar-refractivity contribution in [3.63, 3.8) is 0 Å². The molecule has 0 bridgehead atoms. The second kappa shape index (κ2) is 8.58. The minimum absolute atomic E-state index is 0.00172. The molecule has 1 aliphatic rings. The molecule has 164 valence electrons. The van der Waals surface area contributed by atoms with E-state index in [1.54, 1.807) is 18.2 Å². The maximum atomic E-state index is 13.6. The largest absolute Gasteiger partial charge is 0.416 e. The van der Waals surface area contributed by atoms with Crippen LogP contribution in [0.5, 0.6) is 0 Å². The molecule has 3 heterocycles. The van der Waals surface area contributed by atoms with E-state index in [0.29, 0.717) is 30.0 Å². The molecule has 1 atom stereocenters. The van der Waals surface area contributed by atoms with Gasteiger partial charge < -0.3 is 8.98 Å². The molecule has 1 fully saturated rings.